The van der Waals surface area contributed by atoms with Crippen molar-refractivity contribution in [2.24, 2.45) is 5.92 Å². The normalized spacial score (nSPS) is 12.6. The predicted octanol–water partition coefficient (Wildman–Crippen LogP) is 4.88. The van der Waals surface area contributed by atoms with Crippen molar-refractivity contribution >= 4 is 59.4 Å². The second-order valence-electron chi connectivity index (χ2n) is 4.24. The number of carbonyl (C=O) groups is 1. The molecule has 0 aliphatic rings. The molecule has 0 radical (unpaired) electrons. The number of benzene rings is 1. The van der Waals surface area contributed by atoms with Gasteiger partial charge in [-0.2, -0.15) is 0 Å². The van der Waals surface area contributed by atoms with Gasteiger partial charge in [0.05, 0.1) is 10.5 Å². The Hall–Kier alpha value is 0.130. The van der Waals surface area contributed by atoms with Gasteiger partial charge in [0.25, 0.3) is 0 Å². The van der Waals surface area contributed by atoms with Crippen LogP contribution in [0.15, 0.2) is 21.1 Å². The van der Waals surface area contributed by atoms with Crippen molar-refractivity contribution in [2.75, 3.05) is 5.32 Å². The molecule has 0 heterocycles. The van der Waals surface area contributed by atoms with E-state index in [1.807, 2.05) is 32.9 Å². The van der Waals surface area contributed by atoms with Crippen LogP contribution in [0.1, 0.15) is 19.4 Å². The lowest BCUT2D eigenvalue weighted by molar-refractivity contribution is -0.116. The van der Waals surface area contributed by atoms with Crippen LogP contribution in [0.3, 0.4) is 0 Å². The van der Waals surface area contributed by atoms with E-state index in [1.165, 1.54) is 0 Å². The van der Waals surface area contributed by atoms with Gasteiger partial charge in [0.1, 0.15) is 0 Å². The number of nitrogens with one attached hydrogen (secondary N) is 1. The summed E-state index contributed by atoms with van der Waals surface area (Å²) in [5, 5.41) is 2.91. The minimum Gasteiger partial charge on any atom is -0.323 e. The Kier molecular flexibility index (Phi) is 5.67. The smallest absolute Gasteiger partial charge is 0.238 e. The van der Waals surface area contributed by atoms with Crippen molar-refractivity contribution in [1.29, 1.82) is 0 Å². The molecule has 1 atom stereocenters. The zero-order valence-electron chi connectivity index (χ0n) is 9.85. The maximum absolute atomic E-state index is 11.9. The Morgan fingerprint density at radius 1 is 1.24 bits per heavy atom. The summed E-state index contributed by atoms with van der Waals surface area (Å²) in [6.07, 6.45) is 0. The SMILES string of the molecule is Cc1cc(Br)c(NC(=O)C(Br)C(C)C)c(Br)c1. The first-order chi connectivity index (χ1) is 7.82. The summed E-state index contributed by atoms with van der Waals surface area (Å²) in [5.74, 6) is 0.211. The third-order valence-corrected chi connectivity index (χ3v) is 4.99. The molecule has 1 unspecified atom stereocenters. The first kappa shape index (κ1) is 15.2. The minimum atomic E-state index is -0.192. The molecule has 1 N–H and O–H groups in total. The molecule has 0 spiro atoms. The Bertz CT molecular complexity index is 409. The van der Waals surface area contributed by atoms with E-state index in [2.05, 4.69) is 53.1 Å². The van der Waals surface area contributed by atoms with Crippen LogP contribution in [0, 0.1) is 12.8 Å². The van der Waals surface area contributed by atoms with E-state index in [-0.39, 0.29) is 16.7 Å². The first-order valence-corrected chi connectivity index (χ1v) is 7.73. The lowest BCUT2D eigenvalue weighted by Crippen LogP contribution is -2.27. The Morgan fingerprint density at radius 3 is 2.12 bits per heavy atom. The molecule has 1 aromatic carbocycles. The fourth-order valence-electron chi connectivity index (χ4n) is 1.31. The second-order valence-corrected chi connectivity index (χ2v) is 6.93. The monoisotopic (exact) mass is 425 g/mol. The maximum Gasteiger partial charge on any atom is 0.238 e. The summed E-state index contributed by atoms with van der Waals surface area (Å²) in [6, 6.07) is 3.94. The fraction of sp³-hybridized carbons (Fsp3) is 0.417. The number of rotatable bonds is 3. The quantitative estimate of drug-likeness (QED) is 0.684. The molecular formula is C12H14Br3NO. The number of halogens is 3. The summed E-state index contributed by atoms with van der Waals surface area (Å²) >= 11 is 10.3. The topological polar surface area (TPSA) is 29.1 Å². The number of hydrogen-bond donors (Lipinski definition) is 1. The Balaban J connectivity index is 2.93. The first-order valence-electron chi connectivity index (χ1n) is 5.23. The highest BCUT2D eigenvalue weighted by molar-refractivity contribution is 9.11. The molecule has 0 fully saturated rings. The van der Waals surface area contributed by atoms with E-state index in [0.717, 1.165) is 20.2 Å². The maximum atomic E-state index is 11.9. The summed E-state index contributed by atoms with van der Waals surface area (Å²) < 4.78 is 1.75. The molecule has 0 saturated carbocycles. The predicted molar refractivity (Wildman–Crippen MR) is 82.8 cm³/mol. The summed E-state index contributed by atoms with van der Waals surface area (Å²) in [6.45, 7) is 6.00. The number of amides is 1. The van der Waals surface area contributed by atoms with Gasteiger partial charge in [-0.3, -0.25) is 4.79 Å². The molecule has 1 amide bonds. The van der Waals surface area contributed by atoms with Crippen molar-refractivity contribution in [2.45, 2.75) is 25.6 Å². The number of aryl methyl sites for hydroxylation is 1. The van der Waals surface area contributed by atoms with Crippen LogP contribution in [0.4, 0.5) is 5.69 Å². The Morgan fingerprint density at radius 2 is 1.71 bits per heavy atom. The van der Waals surface area contributed by atoms with Gasteiger partial charge in [-0.1, -0.05) is 29.8 Å². The van der Waals surface area contributed by atoms with Crippen molar-refractivity contribution in [3.8, 4) is 0 Å². The molecule has 0 aliphatic heterocycles. The number of carbonyl (C=O) groups excluding carboxylic acids is 1. The largest absolute Gasteiger partial charge is 0.323 e. The minimum absolute atomic E-state index is 0.0368. The van der Waals surface area contributed by atoms with Gasteiger partial charge in [0.2, 0.25) is 5.91 Å². The van der Waals surface area contributed by atoms with Crippen molar-refractivity contribution < 1.29 is 4.79 Å². The van der Waals surface area contributed by atoms with Crippen LogP contribution in [-0.4, -0.2) is 10.7 Å². The van der Waals surface area contributed by atoms with Crippen LogP contribution < -0.4 is 5.32 Å². The zero-order chi connectivity index (χ0) is 13.2. The van der Waals surface area contributed by atoms with Crippen molar-refractivity contribution in [1.82, 2.24) is 0 Å². The lowest BCUT2D eigenvalue weighted by Gasteiger charge is -2.16. The molecular weight excluding hydrogens is 414 g/mol. The van der Waals surface area contributed by atoms with Gasteiger partial charge < -0.3 is 5.32 Å². The number of alkyl halides is 1. The molecule has 17 heavy (non-hydrogen) atoms. The van der Waals surface area contributed by atoms with E-state index >= 15 is 0 Å². The average molecular weight is 428 g/mol. The van der Waals surface area contributed by atoms with Crippen LogP contribution in [-0.2, 0) is 4.79 Å². The summed E-state index contributed by atoms with van der Waals surface area (Å²) in [7, 11) is 0. The van der Waals surface area contributed by atoms with Crippen LogP contribution in [0.25, 0.3) is 0 Å². The third-order valence-electron chi connectivity index (χ3n) is 2.27. The van der Waals surface area contributed by atoms with Crippen LogP contribution in [0.5, 0.6) is 0 Å². The molecule has 1 aromatic rings. The fourth-order valence-corrected chi connectivity index (χ4v) is 3.04. The van der Waals surface area contributed by atoms with Crippen molar-refractivity contribution in [3.05, 3.63) is 26.6 Å². The highest BCUT2D eigenvalue weighted by Gasteiger charge is 2.20. The van der Waals surface area contributed by atoms with E-state index in [4.69, 9.17) is 0 Å². The molecule has 94 valence electrons. The van der Waals surface area contributed by atoms with E-state index in [0.29, 0.717) is 0 Å². The molecule has 0 bridgehead atoms. The highest BCUT2D eigenvalue weighted by Crippen LogP contribution is 2.32. The molecule has 0 saturated heterocycles. The zero-order valence-corrected chi connectivity index (χ0v) is 14.6. The summed E-state index contributed by atoms with van der Waals surface area (Å²) in [4.78, 5) is 11.8. The average Bonchev–Trinajstić information content (AvgIpc) is 2.21. The van der Waals surface area contributed by atoms with Crippen LogP contribution in [0.2, 0.25) is 0 Å². The van der Waals surface area contributed by atoms with Gasteiger partial charge in [-0.15, -0.1) is 0 Å². The van der Waals surface area contributed by atoms with E-state index in [1.54, 1.807) is 0 Å². The standard InChI is InChI=1S/C12H14Br3NO/c1-6(2)10(15)12(17)16-11-8(13)4-7(3)5-9(11)14/h4-6,10H,1-3H3,(H,16,17). The Labute approximate surface area is 127 Å². The molecule has 0 aromatic heterocycles. The van der Waals surface area contributed by atoms with E-state index < -0.39 is 0 Å². The van der Waals surface area contributed by atoms with Gasteiger partial charge in [-0.25, -0.2) is 0 Å². The lowest BCUT2D eigenvalue weighted by atomic mass is 10.1. The van der Waals surface area contributed by atoms with Gasteiger partial charge >= 0.3 is 0 Å². The molecule has 1 rings (SSSR count). The van der Waals surface area contributed by atoms with Crippen molar-refractivity contribution in [3.63, 3.8) is 0 Å². The number of hydrogen-bond acceptors (Lipinski definition) is 1. The van der Waals surface area contributed by atoms with Crippen LogP contribution >= 0.6 is 47.8 Å². The highest BCUT2D eigenvalue weighted by atomic mass is 79.9. The summed E-state index contributed by atoms with van der Waals surface area (Å²) in [5.41, 5.74) is 1.90. The molecule has 2 nitrogen and oxygen atoms in total. The number of anilines is 1. The van der Waals surface area contributed by atoms with E-state index in [9.17, 15) is 4.79 Å². The molecule has 0 aliphatic carbocycles. The molecule has 5 heteroatoms. The van der Waals surface area contributed by atoms with Gasteiger partial charge in [0, 0.05) is 8.95 Å². The second kappa shape index (κ2) is 6.34. The third kappa shape index (κ3) is 4.07. The van der Waals surface area contributed by atoms with Gasteiger partial charge in [-0.05, 0) is 62.4 Å². The van der Waals surface area contributed by atoms with Gasteiger partial charge in [0.15, 0.2) is 0 Å².